The molecule has 1 aromatic carbocycles. The molecular weight excluding hydrogens is 331 g/mol. The first-order valence-corrected chi connectivity index (χ1v) is 7.40. The minimum Gasteiger partial charge on any atom is -0.347 e. The minimum absolute atomic E-state index is 0.199. The van der Waals surface area contributed by atoms with Crippen LogP contribution < -0.4 is 4.72 Å². The molecule has 114 valence electrons. The van der Waals surface area contributed by atoms with Crippen LogP contribution in [0.25, 0.3) is 0 Å². The molecule has 2 aromatic rings. The molecule has 0 atom stereocenters. The fraction of sp³-hybridized carbons (Fsp3) is 0.182. The Morgan fingerprint density at radius 2 is 2.05 bits per heavy atom. The lowest BCUT2D eigenvalue weighted by molar-refractivity contribution is -0.139. The molecule has 0 amide bonds. The zero-order valence-corrected chi connectivity index (χ0v) is 11.9. The highest BCUT2D eigenvalue weighted by atomic mass is 35.5. The highest BCUT2D eigenvalue weighted by Crippen LogP contribution is 2.35. The Kier molecular flexibility index (Phi) is 4.26. The summed E-state index contributed by atoms with van der Waals surface area (Å²) in [4.78, 5) is 5.43. The second-order valence-corrected chi connectivity index (χ2v) is 6.21. The van der Waals surface area contributed by atoms with Crippen molar-refractivity contribution in [3.8, 4) is 0 Å². The molecule has 10 heteroatoms. The molecule has 0 bridgehead atoms. The summed E-state index contributed by atoms with van der Waals surface area (Å²) >= 11 is 5.50. The van der Waals surface area contributed by atoms with Gasteiger partial charge >= 0.3 is 6.18 Å². The summed E-state index contributed by atoms with van der Waals surface area (Å²) in [6.45, 7) is -0.206. The van der Waals surface area contributed by atoms with E-state index in [1.807, 2.05) is 0 Å². The summed E-state index contributed by atoms with van der Waals surface area (Å²) in [5.74, 6) is 0. The van der Waals surface area contributed by atoms with Crippen LogP contribution in [0.3, 0.4) is 0 Å². The predicted octanol–water partition coefficient (Wildman–Crippen LogP) is 2.56. The lowest BCUT2D eigenvalue weighted by atomic mass is 10.2. The van der Waals surface area contributed by atoms with Gasteiger partial charge in [-0.2, -0.15) is 13.2 Å². The average Bonchev–Trinajstić information content (AvgIpc) is 2.88. The Morgan fingerprint density at radius 3 is 2.62 bits per heavy atom. The van der Waals surface area contributed by atoms with Gasteiger partial charge in [0, 0.05) is 16.9 Å². The molecule has 0 aliphatic rings. The summed E-state index contributed by atoms with van der Waals surface area (Å²) in [6.07, 6.45) is -2.15. The van der Waals surface area contributed by atoms with Crippen LogP contribution >= 0.6 is 11.6 Å². The Bertz CT molecular complexity index is 730. The standard InChI is InChI=1S/C11H9ClF3N3O2S/c12-7-1-2-10(9(3-7)11(13,14)15)21(19,20)18-5-8-4-16-6-17-8/h1-4,6,18H,5H2,(H,16,17). The lowest BCUT2D eigenvalue weighted by Crippen LogP contribution is -2.26. The zero-order valence-electron chi connectivity index (χ0n) is 10.3. The van der Waals surface area contributed by atoms with E-state index in [0.29, 0.717) is 11.8 Å². The van der Waals surface area contributed by atoms with Gasteiger partial charge in [0.05, 0.1) is 23.3 Å². The number of alkyl halides is 3. The number of nitrogens with zero attached hydrogens (tertiary/aromatic N) is 1. The van der Waals surface area contributed by atoms with E-state index in [4.69, 9.17) is 11.6 Å². The number of sulfonamides is 1. The number of imidazole rings is 1. The van der Waals surface area contributed by atoms with Gasteiger partial charge in [-0.25, -0.2) is 18.1 Å². The Hall–Kier alpha value is -1.58. The van der Waals surface area contributed by atoms with E-state index >= 15 is 0 Å². The van der Waals surface area contributed by atoms with Gasteiger partial charge in [-0.15, -0.1) is 0 Å². The van der Waals surface area contributed by atoms with E-state index in [0.717, 1.165) is 12.1 Å². The third-order valence-corrected chi connectivity index (χ3v) is 4.24. The molecule has 5 nitrogen and oxygen atoms in total. The average molecular weight is 340 g/mol. The smallest absolute Gasteiger partial charge is 0.347 e. The number of aromatic amines is 1. The maximum Gasteiger partial charge on any atom is 0.417 e. The Morgan fingerprint density at radius 1 is 1.33 bits per heavy atom. The van der Waals surface area contributed by atoms with Gasteiger partial charge in [0.15, 0.2) is 0 Å². The van der Waals surface area contributed by atoms with Crippen molar-refractivity contribution in [2.24, 2.45) is 0 Å². The van der Waals surface area contributed by atoms with E-state index in [1.54, 1.807) is 0 Å². The highest BCUT2D eigenvalue weighted by molar-refractivity contribution is 7.89. The number of H-pyrrole nitrogens is 1. The van der Waals surface area contributed by atoms with Crippen molar-refractivity contribution in [3.63, 3.8) is 0 Å². The van der Waals surface area contributed by atoms with Crippen LogP contribution in [-0.4, -0.2) is 18.4 Å². The number of hydrogen-bond acceptors (Lipinski definition) is 3. The lowest BCUT2D eigenvalue weighted by Gasteiger charge is -2.14. The van der Waals surface area contributed by atoms with Crippen LogP contribution in [0.5, 0.6) is 0 Å². The van der Waals surface area contributed by atoms with Crippen molar-refractivity contribution in [1.82, 2.24) is 14.7 Å². The van der Waals surface area contributed by atoms with Crippen LogP contribution in [0, 0.1) is 0 Å². The molecule has 0 unspecified atom stereocenters. The normalized spacial score (nSPS) is 12.6. The van der Waals surface area contributed by atoms with Crippen LogP contribution in [0.2, 0.25) is 5.02 Å². The molecule has 21 heavy (non-hydrogen) atoms. The molecule has 0 aliphatic carbocycles. The summed E-state index contributed by atoms with van der Waals surface area (Å²) in [5, 5.41) is -0.199. The number of rotatable bonds is 4. The summed E-state index contributed by atoms with van der Waals surface area (Å²) in [6, 6.07) is 2.48. The van der Waals surface area contributed by atoms with Gasteiger partial charge in [0.2, 0.25) is 10.0 Å². The number of benzene rings is 1. The van der Waals surface area contributed by atoms with Crippen LogP contribution in [0.1, 0.15) is 11.3 Å². The van der Waals surface area contributed by atoms with Crippen molar-refractivity contribution in [3.05, 3.63) is 47.0 Å². The second-order valence-electron chi connectivity index (χ2n) is 4.04. The van der Waals surface area contributed by atoms with E-state index < -0.39 is 26.7 Å². The van der Waals surface area contributed by atoms with Gasteiger partial charge in [0.25, 0.3) is 0 Å². The van der Waals surface area contributed by atoms with Crippen LogP contribution in [-0.2, 0) is 22.7 Å². The fourth-order valence-corrected chi connectivity index (χ4v) is 2.97. The van der Waals surface area contributed by atoms with E-state index in [2.05, 4.69) is 14.7 Å². The molecule has 0 saturated heterocycles. The zero-order chi connectivity index (χ0) is 15.7. The largest absolute Gasteiger partial charge is 0.417 e. The predicted molar refractivity (Wildman–Crippen MR) is 69.1 cm³/mol. The number of halogens is 4. The highest BCUT2D eigenvalue weighted by Gasteiger charge is 2.37. The topological polar surface area (TPSA) is 74.8 Å². The molecule has 2 N–H and O–H groups in total. The molecule has 1 aromatic heterocycles. The van der Waals surface area contributed by atoms with E-state index in [1.165, 1.54) is 12.5 Å². The molecule has 0 fully saturated rings. The molecule has 0 aliphatic heterocycles. The molecule has 0 saturated carbocycles. The quantitative estimate of drug-likeness (QED) is 0.899. The minimum atomic E-state index is -4.83. The van der Waals surface area contributed by atoms with Crippen molar-refractivity contribution < 1.29 is 21.6 Å². The van der Waals surface area contributed by atoms with E-state index in [-0.39, 0.29) is 11.6 Å². The van der Waals surface area contributed by atoms with Gasteiger partial charge in [-0.1, -0.05) is 11.6 Å². The van der Waals surface area contributed by atoms with Gasteiger partial charge in [0.1, 0.15) is 0 Å². The van der Waals surface area contributed by atoms with Gasteiger partial charge in [-0.05, 0) is 18.2 Å². The number of nitrogens with one attached hydrogen (secondary N) is 2. The van der Waals surface area contributed by atoms with Crippen molar-refractivity contribution in [1.29, 1.82) is 0 Å². The first-order valence-electron chi connectivity index (χ1n) is 5.54. The summed E-state index contributed by atoms with van der Waals surface area (Å²) in [5.41, 5.74) is -0.895. The summed E-state index contributed by atoms with van der Waals surface area (Å²) in [7, 11) is -4.34. The molecule has 0 radical (unpaired) electrons. The van der Waals surface area contributed by atoms with Gasteiger partial charge in [-0.3, -0.25) is 0 Å². The fourth-order valence-electron chi connectivity index (χ4n) is 1.59. The second kappa shape index (κ2) is 5.66. The molecule has 2 rings (SSSR count). The van der Waals surface area contributed by atoms with Gasteiger partial charge < -0.3 is 4.98 Å². The Labute approximate surface area is 123 Å². The monoisotopic (exact) mass is 339 g/mol. The van der Waals surface area contributed by atoms with Crippen molar-refractivity contribution in [2.75, 3.05) is 0 Å². The molecular formula is C11H9ClF3N3O2S. The number of aromatic nitrogens is 2. The van der Waals surface area contributed by atoms with Crippen molar-refractivity contribution >= 4 is 21.6 Å². The van der Waals surface area contributed by atoms with Crippen LogP contribution in [0.15, 0.2) is 35.6 Å². The Balaban J connectivity index is 2.36. The summed E-state index contributed by atoms with van der Waals surface area (Å²) < 4.78 is 64.8. The third-order valence-electron chi connectivity index (χ3n) is 2.54. The first kappa shape index (κ1) is 15.8. The van der Waals surface area contributed by atoms with Crippen LogP contribution in [0.4, 0.5) is 13.2 Å². The van der Waals surface area contributed by atoms with E-state index in [9.17, 15) is 21.6 Å². The molecule has 1 heterocycles. The maximum absolute atomic E-state index is 12.9. The third kappa shape index (κ3) is 3.74. The van der Waals surface area contributed by atoms with Crippen molar-refractivity contribution in [2.45, 2.75) is 17.6 Å². The number of hydrogen-bond donors (Lipinski definition) is 2. The first-order chi connectivity index (χ1) is 9.70. The maximum atomic E-state index is 12.9. The molecule has 0 spiro atoms. The SMILES string of the molecule is O=S(=O)(NCc1cnc[nH]1)c1ccc(Cl)cc1C(F)(F)F.